The Kier molecular flexibility index (Phi) is 5.89. The maximum atomic E-state index is 13.1. The van der Waals surface area contributed by atoms with Crippen LogP contribution in [0.5, 0.6) is 11.5 Å². The number of pyridine rings is 1. The molecule has 0 amide bonds. The normalized spacial score (nSPS) is 10.5. The standard InChI is InChI=1S/C23H21N5O3/c1-30-19-9-5-16(6-10-19)14-25-23-26-21(17-7-11-20(31-2)12-8-17)27-28(23)22(29)18-4-3-13-24-15-18/h3-13,15H,14H2,1-2H3,(H,25,26,27). The van der Waals surface area contributed by atoms with E-state index in [-0.39, 0.29) is 5.91 Å². The van der Waals surface area contributed by atoms with Crippen LogP contribution in [0.2, 0.25) is 0 Å². The molecule has 2 aromatic carbocycles. The van der Waals surface area contributed by atoms with Crippen molar-refractivity contribution >= 4 is 11.9 Å². The largest absolute Gasteiger partial charge is 0.497 e. The second-order valence-corrected chi connectivity index (χ2v) is 6.65. The molecule has 0 fully saturated rings. The average molecular weight is 415 g/mol. The number of hydrogen-bond acceptors (Lipinski definition) is 7. The van der Waals surface area contributed by atoms with Gasteiger partial charge in [0.2, 0.25) is 5.95 Å². The fourth-order valence-corrected chi connectivity index (χ4v) is 2.97. The van der Waals surface area contributed by atoms with E-state index in [0.29, 0.717) is 23.9 Å². The van der Waals surface area contributed by atoms with Gasteiger partial charge in [-0.05, 0) is 54.1 Å². The van der Waals surface area contributed by atoms with E-state index < -0.39 is 0 Å². The number of methoxy groups -OCH3 is 2. The predicted octanol–water partition coefficient (Wildman–Crippen LogP) is 3.66. The molecule has 1 N–H and O–H groups in total. The van der Waals surface area contributed by atoms with Gasteiger partial charge in [-0.1, -0.05) is 12.1 Å². The number of nitrogens with one attached hydrogen (secondary N) is 1. The van der Waals surface area contributed by atoms with Gasteiger partial charge in [-0.15, -0.1) is 5.10 Å². The Labute approximate surface area is 179 Å². The van der Waals surface area contributed by atoms with Crippen LogP contribution in [0.1, 0.15) is 15.9 Å². The second kappa shape index (κ2) is 9.08. The van der Waals surface area contributed by atoms with Crippen molar-refractivity contribution in [1.29, 1.82) is 0 Å². The third-order valence-corrected chi connectivity index (χ3v) is 4.67. The van der Waals surface area contributed by atoms with Crippen LogP contribution in [-0.2, 0) is 6.54 Å². The van der Waals surface area contributed by atoms with Crippen LogP contribution in [0.15, 0.2) is 73.1 Å². The number of hydrogen-bond donors (Lipinski definition) is 1. The molecule has 0 saturated carbocycles. The lowest BCUT2D eigenvalue weighted by Gasteiger charge is -2.08. The minimum atomic E-state index is -0.322. The van der Waals surface area contributed by atoms with Gasteiger partial charge in [-0.25, -0.2) is 0 Å². The van der Waals surface area contributed by atoms with Crippen LogP contribution in [0, 0.1) is 0 Å². The van der Waals surface area contributed by atoms with Crippen LogP contribution < -0.4 is 14.8 Å². The first kappa shape index (κ1) is 20.1. The Morgan fingerprint density at radius 3 is 2.26 bits per heavy atom. The van der Waals surface area contributed by atoms with E-state index in [4.69, 9.17) is 9.47 Å². The molecule has 4 aromatic rings. The predicted molar refractivity (Wildman–Crippen MR) is 116 cm³/mol. The van der Waals surface area contributed by atoms with Crippen molar-refractivity contribution in [2.24, 2.45) is 0 Å². The van der Waals surface area contributed by atoms with Gasteiger partial charge in [0.15, 0.2) is 5.82 Å². The van der Waals surface area contributed by atoms with Gasteiger partial charge in [0.05, 0.1) is 19.8 Å². The van der Waals surface area contributed by atoms with E-state index in [2.05, 4.69) is 20.4 Å². The van der Waals surface area contributed by atoms with Gasteiger partial charge in [-0.2, -0.15) is 9.67 Å². The van der Waals surface area contributed by atoms with Gasteiger partial charge in [0.1, 0.15) is 11.5 Å². The molecule has 0 unspecified atom stereocenters. The number of carbonyl (C=O) groups excluding carboxylic acids is 1. The van der Waals surface area contributed by atoms with Crippen LogP contribution in [0.3, 0.4) is 0 Å². The van der Waals surface area contributed by atoms with Gasteiger partial charge < -0.3 is 14.8 Å². The number of rotatable bonds is 7. The molecule has 0 bridgehead atoms. The fourth-order valence-electron chi connectivity index (χ4n) is 2.97. The lowest BCUT2D eigenvalue weighted by atomic mass is 10.2. The summed E-state index contributed by atoms with van der Waals surface area (Å²) in [4.78, 5) is 21.6. The number of ether oxygens (including phenoxy) is 2. The topological polar surface area (TPSA) is 91.2 Å². The smallest absolute Gasteiger partial charge is 0.282 e. The molecule has 0 atom stereocenters. The van der Waals surface area contributed by atoms with Gasteiger partial charge in [0.25, 0.3) is 5.91 Å². The van der Waals surface area contributed by atoms with E-state index in [1.54, 1.807) is 32.5 Å². The monoisotopic (exact) mass is 415 g/mol. The number of benzene rings is 2. The molecular formula is C23H21N5O3. The first-order chi connectivity index (χ1) is 15.2. The average Bonchev–Trinajstić information content (AvgIpc) is 3.27. The van der Waals surface area contributed by atoms with Crippen LogP contribution in [0.4, 0.5) is 5.95 Å². The second-order valence-electron chi connectivity index (χ2n) is 6.65. The summed E-state index contributed by atoms with van der Waals surface area (Å²) in [6, 6.07) is 18.4. The van der Waals surface area contributed by atoms with Gasteiger partial charge >= 0.3 is 0 Å². The number of nitrogens with zero attached hydrogens (tertiary/aromatic N) is 4. The van der Waals surface area contributed by atoms with E-state index in [0.717, 1.165) is 22.6 Å². The molecule has 0 aliphatic carbocycles. The van der Waals surface area contributed by atoms with Crippen LogP contribution in [0.25, 0.3) is 11.4 Å². The zero-order chi connectivity index (χ0) is 21.6. The molecular weight excluding hydrogens is 394 g/mol. The summed E-state index contributed by atoms with van der Waals surface area (Å²) >= 11 is 0. The number of carbonyl (C=O) groups is 1. The first-order valence-electron chi connectivity index (χ1n) is 9.61. The van der Waals surface area contributed by atoms with Crippen molar-refractivity contribution < 1.29 is 14.3 Å². The maximum Gasteiger partial charge on any atom is 0.282 e. The van der Waals surface area contributed by atoms with Crippen molar-refractivity contribution in [2.75, 3.05) is 19.5 Å². The Morgan fingerprint density at radius 1 is 0.968 bits per heavy atom. The lowest BCUT2D eigenvalue weighted by Crippen LogP contribution is -2.17. The lowest BCUT2D eigenvalue weighted by molar-refractivity contribution is 0.0947. The quantitative estimate of drug-likeness (QED) is 0.492. The third kappa shape index (κ3) is 4.53. The Bertz CT molecular complexity index is 1160. The summed E-state index contributed by atoms with van der Waals surface area (Å²) in [5, 5.41) is 7.67. The minimum Gasteiger partial charge on any atom is -0.497 e. The molecule has 8 nitrogen and oxygen atoms in total. The highest BCUT2D eigenvalue weighted by atomic mass is 16.5. The Hall–Kier alpha value is -4.20. The Morgan fingerprint density at radius 2 is 1.65 bits per heavy atom. The van der Waals surface area contributed by atoms with Crippen LogP contribution in [-0.4, -0.2) is 39.9 Å². The van der Waals surface area contributed by atoms with E-state index in [1.807, 2.05) is 48.5 Å². The zero-order valence-electron chi connectivity index (χ0n) is 17.1. The molecule has 0 aliphatic heterocycles. The molecule has 31 heavy (non-hydrogen) atoms. The fraction of sp³-hybridized carbons (Fsp3) is 0.130. The first-order valence-corrected chi connectivity index (χ1v) is 9.61. The van der Waals surface area contributed by atoms with Gasteiger partial charge in [0, 0.05) is 24.5 Å². The van der Waals surface area contributed by atoms with Crippen molar-refractivity contribution in [3.8, 4) is 22.9 Å². The van der Waals surface area contributed by atoms with E-state index in [1.165, 1.54) is 10.9 Å². The summed E-state index contributed by atoms with van der Waals surface area (Å²) in [5.74, 6) is 1.96. The van der Waals surface area contributed by atoms with Crippen LogP contribution >= 0.6 is 0 Å². The number of anilines is 1. The molecule has 8 heteroatoms. The summed E-state index contributed by atoms with van der Waals surface area (Å²) in [6.45, 7) is 0.463. The molecule has 0 saturated heterocycles. The highest BCUT2D eigenvalue weighted by molar-refractivity contribution is 5.96. The summed E-state index contributed by atoms with van der Waals surface area (Å²) in [5.41, 5.74) is 2.20. The number of aromatic nitrogens is 4. The van der Waals surface area contributed by atoms with Crippen molar-refractivity contribution in [3.63, 3.8) is 0 Å². The summed E-state index contributed by atoms with van der Waals surface area (Å²) < 4.78 is 11.7. The molecule has 0 spiro atoms. The Balaban J connectivity index is 1.65. The summed E-state index contributed by atoms with van der Waals surface area (Å²) in [6.07, 6.45) is 3.12. The zero-order valence-corrected chi connectivity index (χ0v) is 17.1. The molecule has 2 heterocycles. The van der Waals surface area contributed by atoms with Crippen molar-refractivity contribution in [1.82, 2.24) is 19.7 Å². The molecule has 0 aliphatic rings. The third-order valence-electron chi connectivity index (χ3n) is 4.67. The molecule has 156 valence electrons. The SMILES string of the molecule is COc1ccc(CNc2nc(-c3ccc(OC)cc3)nn2C(=O)c2cccnc2)cc1. The minimum absolute atomic E-state index is 0.322. The molecule has 0 radical (unpaired) electrons. The van der Waals surface area contributed by atoms with Gasteiger partial charge in [-0.3, -0.25) is 9.78 Å². The highest BCUT2D eigenvalue weighted by Crippen LogP contribution is 2.22. The molecule has 4 rings (SSSR count). The van der Waals surface area contributed by atoms with E-state index >= 15 is 0 Å². The molecule has 2 aromatic heterocycles. The highest BCUT2D eigenvalue weighted by Gasteiger charge is 2.19. The summed E-state index contributed by atoms with van der Waals surface area (Å²) in [7, 11) is 3.23. The van der Waals surface area contributed by atoms with Crippen molar-refractivity contribution in [3.05, 3.63) is 84.2 Å². The van der Waals surface area contributed by atoms with Crippen molar-refractivity contribution in [2.45, 2.75) is 6.54 Å². The maximum absolute atomic E-state index is 13.1. The van der Waals surface area contributed by atoms with E-state index in [9.17, 15) is 4.79 Å².